The predicted molar refractivity (Wildman–Crippen MR) is 42.1 cm³/mol. The molecule has 3 nitrogen and oxygen atoms in total. The van der Waals surface area contributed by atoms with Crippen LogP contribution in [0, 0.1) is 5.21 Å². The summed E-state index contributed by atoms with van der Waals surface area (Å²) in [5.41, 5.74) is 1.73. The topological polar surface area (TPSA) is 39.5 Å². The minimum atomic E-state index is 0.0173. The first-order valence-electron chi connectivity index (χ1n) is 3.92. The number of aromatic nitrogens is 1. The Labute approximate surface area is 69.5 Å². The Morgan fingerprint density at radius 2 is 2.42 bits per heavy atom. The molecule has 0 spiro atoms. The van der Waals surface area contributed by atoms with Crippen molar-refractivity contribution in [3.63, 3.8) is 0 Å². The van der Waals surface area contributed by atoms with Crippen molar-refractivity contribution in [1.82, 2.24) is 0 Å². The van der Waals surface area contributed by atoms with Crippen molar-refractivity contribution in [2.24, 2.45) is 0 Å². The molecule has 1 saturated heterocycles. The Balaban J connectivity index is 2.27. The van der Waals surface area contributed by atoms with E-state index in [4.69, 9.17) is 4.74 Å². The third-order valence-electron chi connectivity index (χ3n) is 2.29. The number of fused-ring (bicyclic) bond motifs is 3. The second-order valence-corrected chi connectivity index (χ2v) is 3.05. The van der Waals surface area contributed by atoms with E-state index in [-0.39, 0.29) is 12.2 Å². The molecular formula is C9H7NO2. The molecule has 0 unspecified atom stereocenters. The molecule has 0 amide bonds. The molecule has 0 saturated carbocycles. The first kappa shape index (κ1) is 6.20. The summed E-state index contributed by atoms with van der Waals surface area (Å²) in [7, 11) is 0. The zero-order valence-electron chi connectivity index (χ0n) is 6.31. The number of hydrogen-bond donors (Lipinski definition) is 0. The second kappa shape index (κ2) is 1.87. The molecule has 1 aromatic heterocycles. The van der Waals surface area contributed by atoms with Gasteiger partial charge in [0.25, 0.3) is 0 Å². The van der Waals surface area contributed by atoms with E-state index in [9.17, 15) is 5.21 Å². The van der Waals surface area contributed by atoms with E-state index in [1.165, 1.54) is 6.20 Å². The molecule has 1 aromatic rings. The monoisotopic (exact) mass is 161 g/mol. The molecule has 60 valence electrons. The lowest BCUT2D eigenvalue weighted by molar-refractivity contribution is -0.615. The van der Waals surface area contributed by atoms with Crippen molar-refractivity contribution in [1.29, 1.82) is 0 Å². The summed E-state index contributed by atoms with van der Waals surface area (Å²) in [6, 6.07) is 3.68. The van der Waals surface area contributed by atoms with Crippen LogP contribution in [-0.4, -0.2) is 6.10 Å². The summed E-state index contributed by atoms with van der Waals surface area (Å²) < 4.78 is 6.17. The van der Waals surface area contributed by atoms with Gasteiger partial charge in [0, 0.05) is 11.6 Å². The normalized spacial score (nSPS) is 29.3. The fourth-order valence-corrected chi connectivity index (χ4v) is 1.64. The summed E-state index contributed by atoms with van der Waals surface area (Å²) in [6.07, 6.45) is 5.62. The molecule has 1 aliphatic carbocycles. The number of epoxide rings is 1. The van der Waals surface area contributed by atoms with Gasteiger partial charge in [-0.2, -0.15) is 4.73 Å². The second-order valence-electron chi connectivity index (χ2n) is 3.05. The van der Waals surface area contributed by atoms with Gasteiger partial charge in [0.1, 0.15) is 6.10 Å². The fourth-order valence-electron chi connectivity index (χ4n) is 1.64. The van der Waals surface area contributed by atoms with Gasteiger partial charge in [-0.15, -0.1) is 0 Å². The van der Waals surface area contributed by atoms with Crippen LogP contribution in [0.25, 0.3) is 6.08 Å². The molecule has 1 fully saturated rings. The van der Waals surface area contributed by atoms with Crippen LogP contribution in [0.5, 0.6) is 0 Å². The minimum absolute atomic E-state index is 0.0173. The largest absolute Gasteiger partial charge is 0.618 e. The Hall–Kier alpha value is -1.35. The van der Waals surface area contributed by atoms with Crippen LogP contribution < -0.4 is 4.73 Å². The van der Waals surface area contributed by atoms with E-state index >= 15 is 0 Å². The van der Waals surface area contributed by atoms with Gasteiger partial charge < -0.3 is 9.94 Å². The van der Waals surface area contributed by atoms with Gasteiger partial charge >= 0.3 is 0 Å². The van der Waals surface area contributed by atoms with Crippen molar-refractivity contribution in [3.8, 4) is 0 Å². The van der Waals surface area contributed by atoms with Crippen LogP contribution in [0.1, 0.15) is 17.4 Å². The number of ether oxygens (including phenoxy) is 1. The van der Waals surface area contributed by atoms with E-state index in [0.717, 1.165) is 16.0 Å². The molecule has 0 radical (unpaired) electrons. The van der Waals surface area contributed by atoms with E-state index in [0.29, 0.717) is 0 Å². The lowest BCUT2D eigenvalue weighted by Crippen LogP contribution is -2.32. The first-order chi connectivity index (χ1) is 5.86. The van der Waals surface area contributed by atoms with Crippen molar-refractivity contribution in [2.75, 3.05) is 0 Å². The number of rotatable bonds is 0. The molecule has 0 N–H and O–H groups in total. The lowest BCUT2D eigenvalue weighted by atomic mass is 10.0. The highest BCUT2D eigenvalue weighted by Gasteiger charge is 2.47. The summed E-state index contributed by atoms with van der Waals surface area (Å²) in [4.78, 5) is 0. The molecule has 0 bridgehead atoms. The Kier molecular flexibility index (Phi) is 0.966. The Morgan fingerprint density at radius 1 is 1.50 bits per heavy atom. The zero-order chi connectivity index (χ0) is 8.13. The molecule has 1 aliphatic heterocycles. The van der Waals surface area contributed by atoms with Gasteiger partial charge in [0.05, 0.1) is 0 Å². The first-order valence-corrected chi connectivity index (χ1v) is 3.92. The Morgan fingerprint density at radius 3 is 3.33 bits per heavy atom. The maximum Gasteiger partial charge on any atom is 0.232 e. The zero-order valence-corrected chi connectivity index (χ0v) is 6.31. The fraction of sp³-hybridized carbons (Fsp3) is 0.222. The summed E-state index contributed by atoms with van der Waals surface area (Å²) >= 11 is 0. The Bertz CT molecular complexity index is 373. The predicted octanol–water partition coefficient (Wildman–Crippen LogP) is 0.787. The van der Waals surface area contributed by atoms with Gasteiger partial charge in [0.15, 0.2) is 12.3 Å². The molecular weight excluding hydrogens is 154 g/mol. The smallest absolute Gasteiger partial charge is 0.232 e. The van der Waals surface area contributed by atoms with Gasteiger partial charge in [-0.05, 0) is 12.1 Å². The lowest BCUT2D eigenvalue weighted by Gasteiger charge is -2.06. The molecule has 2 atom stereocenters. The summed E-state index contributed by atoms with van der Waals surface area (Å²) in [5, 5.41) is 11.3. The van der Waals surface area contributed by atoms with Crippen LogP contribution in [0.15, 0.2) is 24.4 Å². The third kappa shape index (κ3) is 0.662. The maximum atomic E-state index is 11.3. The molecule has 2 heterocycles. The van der Waals surface area contributed by atoms with E-state index in [1.54, 1.807) is 6.07 Å². The van der Waals surface area contributed by atoms with Crippen LogP contribution >= 0.6 is 0 Å². The summed E-state index contributed by atoms with van der Waals surface area (Å²) in [5.74, 6) is 0. The van der Waals surface area contributed by atoms with E-state index in [2.05, 4.69) is 0 Å². The molecule has 3 heteroatoms. The maximum absolute atomic E-state index is 11.3. The summed E-state index contributed by atoms with van der Waals surface area (Å²) in [6.45, 7) is 0. The highest BCUT2D eigenvalue weighted by atomic mass is 16.6. The number of nitrogens with zero attached hydrogens (tertiary/aromatic N) is 1. The van der Waals surface area contributed by atoms with Crippen molar-refractivity contribution >= 4 is 6.08 Å². The number of hydrogen-bond acceptors (Lipinski definition) is 2. The molecule has 3 rings (SSSR count). The van der Waals surface area contributed by atoms with Crippen LogP contribution in [0.3, 0.4) is 0 Å². The van der Waals surface area contributed by atoms with Gasteiger partial charge in [-0.1, -0.05) is 6.08 Å². The number of pyridine rings is 1. The SMILES string of the molecule is [O-][n+]1cccc2c1[C@@H]1O[C@@H]1C=C2. The minimum Gasteiger partial charge on any atom is -0.618 e. The van der Waals surface area contributed by atoms with Crippen molar-refractivity contribution in [3.05, 3.63) is 40.9 Å². The van der Waals surface area contributed by atoms with E-state index in [1.807, 2.05) is 18.2 Å². The molecule has 2 aliphatic rings. The van der Waals surface area contributed by atoms with Crippen molar-refractivity contribution in [2.45, 2.75) is 12.2 Å². The van der Waals surface area contributed by atoms with Crippen LogP contribution in [0.2, 0.25) is 0 Å². The van der Waals surface area contributed by atoms with Gasteiger partial charge in [-0.3, -0.25) is 0 Å². The highest BCUT2D eigenvalue weighted by Crippen LogP contribution is 2.42. The van der Waals surface area contributed by atoms with Crippen LogP contribution in [0.4, 0.5) is 0 Å². The van der Waals surface area contributed by atoms with E-state index < -0.39 is 0 Å². The highest BCUT2D eigenvalue weighted by molar-refractivity contribution is 5.56. The van der Waals surface area contributed by atoms with Crippen LogP contribution in [-0.2, 0) is 4.74 Å². The average Bonchev–Trinajstić information content (AvgIpc) is 2.82. The third-order valence-corrected chi connectivity index (χ3v) is 2.29. The van der Waals surface area contributed by atoms with Crippen molar-refractivity contribution < 1.29 is 9.47 Å². The van der Waals surface area contributed by atoms with Gasteiger partial charge in [0.2, 0.25) is 5.69 Å². The quantitative estimate of drug-likeness (QED) is 0.320. The van der Waals surface area contributed by atoms with Gasteiger partial charge in [-0.25, -0.2) is 0 Å². The molecule has 0 aromatic carbocycles. The average molecular weight is 161 g/mol. The standard InChI is InChI=1S/C9H7NO2/c11-10-5-1-2-6-3-4-7-9(12-7)8(6)10/h1-5,7,9H/t7-,9-/m1/s1. The molecule has 12 heavy (non-hydrogen) atoms.